The summed E-state index contributed by atoms with van der Waals surface area (Å²) in [6, 6.07) is -0.0596. The molecule has 0 spiro atoms. The molecule has 1 unspecified atom stereocenters. The Morgan fingerprint density at radius 3 is 2.62 bits per heavy atom. The Balaban J connectivity index is 2.02. The van der Waals surface area contributed by atoms with Crippen LogP contribution < -0.4 is 16.0 Å². The molecule has 1 atom stereocenters. The maximum atomic E-state index is 11.6. The van der Waals surface area contributed by atoms with Crippen LogP contribution in [0.4, 0.5) is 4.79 Å². The molecule has 0 bridgehead atoms. The van der Waals surface area contributed by atoms with Crippen LogP contribution in [0.15, 0.2) is 0 Å². The van der Waals surface area contributed by atoms with Gasteiger partial charge in [0.25, 0.3) is 0 Å². The van der Waals surface area contributed by atoms with E-state index in [2.05, 4.69) is 27.8 Å². The van der Waals surface area contributed by atoms with Gasteiger partial charge in [-0.3, -0.25) is 4.79 Å². The van der Waals surface area contributed by atoms with E-state index in [-0.39, 0.29) is 18.0 Å². The van der Waals surface area contributed by atoms with E-state index < -0.39 is 0 Å². The smallest absolute Gasteiger partial charge is 0.314 e. The third-order valence-corrected chi connectivity index (χ3v) is 3.54. The predicted octanol–water partition coefficient (Wildman–Crippen LogP) is 0.932. The molecule has 0 aromatic heterocycles. The average Bonchev–Trinajstić information content (AvgIpc) is 2.37. The van der Waals surface area contributed by atoms with Crippen LogP contribution >= 0.6 is 0 Å². The summed E-state index contributed by atoms with van der Waals surface area (Å²) in [5, 5.41) is 8.33. The molecule has 0 saturated carbocycles. The monoisotopic (exact) mass is 298 g/mol. The molecule has 122 valence electrons. The zero-order valence-electron chi connectivity index (χ0n) is 13.6. The number of nitrogens with zero attached hydrogens (tertiary/aromatic N) is 1. The van der Waals surface area contributed by atoms with E-state index in [1.807, 2.05) is 13.8 Å². The normalized spacial score (nSPS) is 19.3. The van der Waals surface area contributed by atoms with Gasteiger partial charge in [-0.05, 0) is 39.2 Å². The summed E-state index contributed by atoms with van der Waals surface area (Å²) in [6.07, 6.45) is 2.87. The molecule has 21 heavy (non-hydrogen) atoms. The van der Waals surface area contributed by atoms with Crippen molar-refractivity contribution in [2.45, 2.75) is 46.1 Å². The molecule has 0 aromatic carbocycles. The molecule has 1 aliphatic rings. The van der Waals surface area contributed by atoms with E-state index in [9.17, 15) is 9.59 Å². The van der Waals surface area contributed by atoms with Crippen molar-refractivity contribution in [1.29, 1.82) is 0 Å². The number of hydrogen-bond acceptors (Lipinski definition) is 3. The van der Waals surface area contributed by atoms with Gasteiger partial charge in [0, 0.05) is 38.6 Å². The Labute approximate surface area is 128 Å². The summed E-state index contributed by atoms with van der Waals surface area (Å²) in [5.41, 5.74) is 0. The summed E-state index contributed by atoms with van der Waals surface area (Å²) in [7, 11) is 0. The first-order valence-electron chi connectivity index (χ1n) is 8.00. The third-order valence-electron chi connectivity index (χ3n) is 3.54. The van der Waals surface area contributed by atoms with Gasteiger partial charge in [0.05, 0.1) is 0 Å². The van der Waals surface area contributed by atoms with Crippen LogP contribution in [0.5, 0.6) is 0 Å². The van der Waals surface area contributed by atoms with Crippen LogP contribution in [0.25, 0.3) is 0 Å². The van der Waals surface area contributed by atoms with Crippen LogP contribution in [-0.2, 0) is 4.79 Å². The fraction of sp³-hybridized carbons (Fsp3) is 0.867. The molecule has 1 aliphatic heterocycles. The molecule has 6 heteroatoms. The molecule has 6 nitrogen and oxygen atoms in total. The quantitative estimate of drug-likeness (QED) is 0.655. The Bertz CT molecular complexity index is 334. The van der Waals surface area contributed by atoms with Gasteiger partial charge in [-0.25, -0.2) is 4.79 Å². The van der Waals surface area contributed by atoms with Gasteiger partial charge in [-0.1, -0.05) is 6.92 Å². The highest BCUT2D eigenvalue weighted by Gasteiger charge is 2.15. The first-order chi connectivity index (χ1) is 9.97. The number of hydrogen-bond donors (Lipinski definition) is 3. The number of carbonyl (C=O) groups excluding carboxylic acids is 2. The second-order valence-electron chi connectivity index (χ2n) is 6.20. The zero-order valence-corrected chi connectivity index (χ0v) is 13.6. The Morgan fingerprint density at radius 1 is 1.24 bits per heavy atom. The highest BCUT2D eigenvalue weighted by atomic mass is 16.2. The molecule has 3 amide bonds. The van der Waals surface area contributed by atoms with Crippen molar-refractivity contribution in [2.24, 2.45) is 5.92 Å². The maximum Gasteiger partial charge on any atom is 0.314 e. The van der Waals surface area contributed by atoms with Crippen LogP contribution in [-0.4, -0.2) is 55.6 Å². The summed E-state index contributed by atoms with van der Waals surface area (Å²) in [4.78, 5) is 25.4. The average molecular weight is 298 g/mol. The second kappa shape index (κ2) is 9.60. The van der Waals surface area contributed by atoms with Gasteiger partial charge in [0.15, 0.2) is 0 Å². The van der Waals surface area contributed by atoms with E-state index in [4.69, 9.17) is 0 Å². The molecule has 0 radical (unpaired) electrons. The summed E-state index contributed by atoms with van der Waals surface area (Å²) in [5.74, 6) is 0.722. The molecule has 3 N–H and O–H groups in total. The number of nitrogens with one attached hydrogen (secondary N) is 3. The molecule has 0 aromatic rings. The number of urea groups is 1. The molecular weight excluding hydrogens is 268 g/mol. The minimum atomic E-state index is -0.197. The van der Waals surface area contributed by atoms with Crippen LogP contribution in [0, 0.1) is 5.92 Å². The fourth-order valence-corrected chi connectivity index (χ4v) is 2.56. The molecule has 1 saturated heterocycles. The fourth-order valence-electron chi connectivity index (χ4n) is 2.56. The van der Waals surface area contributed by atoms with Crippen molar-refractivity contribution in [1.82, 2.24) is 20.9 Å². The van der Waals surface area contributed by atoms with Gasteiger partial charge >= 0.3 is 6.03 Å². The number of amides is 3. The molecule has 0 aliphatic carbocycles. The standard InChI is InChI=1S/C15H30N4O2/c1-12(2)18-14(20)6-7-16-15(21)17-8-10-19-9-4-5-13(3)11-19/h12-13H,4-11H2,1-3H3,(H,18,20)(H2,16,17,21). The first-order valence-corrected chi connectivity index (χ1v) is 8.00. The largest absolute Gasteiger partial charge is 0.354 e. The van der Waals surface area contributed by atoms with E-state index in [0.717, 1.165) is 25.6 Å². The van der Waals surface area contributed by atoms with Crippen molar-refractivity contribution in [3.05, 3.63) is 0 Å². The number of piperidine rings is 1. The highest BCUT2D eigenvalue weighted by Crippen LogP contribution is 2.14. The van der Waals surface area contributed by atoms with Crippen molar-refractivity contribution in [3.63, 3.8) is 0 Å². The van der Waals surface area contributed by atoms with E-state index in [1.165, 1.54) is 12.8 Å². The Kier molecular flexibility index (Phi) is 8.12. The SMILES string of the molecule is CC1CCCN(CCNC(=O)NCCC(=O)NC(C)C)C1. The van der Waals surface area contributed by atoms with Gasteiger partial charge in [0.2, 0.25) is 5.91 Å². The summed E-state index contributed by atoms with van der Waals surface area (Å²) in [6.45, 7) is 10.3. The lowest BCUT2D eigenvalue weighted by molar-refractivity contribution is -0.121. The lowest BCUT2D eigenvalue weighted by Gasteiger charge is -2.30. The van der Waals surface area contributed by atoms with Gasteiger partial charge < -0.3 is 20.9 Å². The maximum absolute atomic E-state index is 11.6. The van der Waals surface area contributed by atoms with Crippen molar-refractivity contribution in [2.75, 3.05) is 32.7 Å². The van der Waals surface area contributed by atoms with Crippen LogP contribution in [0.2, 0.25) is 0 Å². The van der Waals surface area contributed by atoms with Crippen LogP contribution in [0.1, 0.15) is 40.0 Å². The summed E-state index contributed by atoms with van der Waals surface area (Å²) >= 11 is 0. The number of rotatable bonds is 7. The lowest BCUT2D eigenvalue weighted by Crippen LogP contribution is -2.43. The minimum absolute atomic E-state index is 0.0346. The zero-order chi connectivity index (χ0) is 15.7. The topological polar surface area (TPSA) is 73.5 Å². The van der Waals surface area contributed by atoms with Gasteiger partial charge in [-0.15, -0.1) is 0 Å². The van der Waals surface area contributed by atoms with E-state index in [0.29, 0.717) is 19.5 Å². The molecular formula is C15H30N4O2. The lowest BCUT2D eigenvalue weighted by atomic mass is 10.0. The Morgan fingerprint density at radius 2 is 1.95 bits per heavy atom. The van der Waals surface area contributed by atoms with Crippen LogP contribution in [0.3, 0.4) is 0 Å². The van der Waals surface area contributed by atoms with Crippen molar-refractivity contribution in [3.8, 4) is 0 Å². The Hall–Kier alpha value is -1.30. The highest BCUT2D eigenvalue weighted by molar-refractivity contribution is 5.78. The molecule has 1 rings (SSSR count). The number of likely N-dealkylation sites (tertiary alicyclic amines) is 1. The van der Waals surface area contributed by atoms with Crippen molar-refractivity contribution >= 4 is 11.9 Å². The van der Waals surface area contributed by atoms with Gasteiger partial charge in [0.1, 0.15) is 0 Å². The van der Waals surface area contributed by atoms with E-state index >= 15 is 0 Å². The van der Waals surface area contributed by atoms with E-state index in [1.54, 1.807) is 0 Å². The molecule has 1 heterocycles. The van der Waals surface area contributed by atoms with Crippen molar-refractivity contribution < 1.29 is 9.59 Å². The number of carbonyl (C=O) groups is 2. The molecule has 1 fully saturated rings. The second-order valence-corrected chi connectivity index (χ2v) is 6.20. The van der Waals surface area contributed by atoms with Gasteiger partial charge in [-0.2, -0.15) is 0 Å². The predicted molar refractivity (Wildman–Crippen MR) is 84.1 cm³/mol. The first kappa shape index (κ1) is 17.8. The summed E-state index contributed by atoms with van der Waals surface area (Å²) < 4.78 is 0. The minimum Gasteiger partial charge on any atom is -0.354 e. The third kappa shape index (κ3) is 8.55.